The van der Waals surface area contributed by atoms with Gasteiger partial charge in [-0.3, -0.25) is 25.0 Å². The van der Waals surface area contributed by atoms with Crippen molar-refractivity contribution in [2.24, 2.45) is 5.73 Å². The SMILES string of the molecule is CCN(CC)Cc1cc(Oc2cc(Cl)c3cc(C(=O)N(C)C(=N)N)[nH]c3c2)ccn1. The first kappa shape index (κ1) is 21.6. The number of hydrogen-bond donors (Lipinski definition) is 3. The molecule has 1 aromatic carbocycles. The van der Waals surface area contributed by atoms with Gasteiger partial charge in [-0.05, 0) is 25.2 Å². The standard InChI is InChI=1S/C21H25ClN6O2/c1-4-28(5-2)12-13-8-14(6-7-25-13)30-15-9-17(22)16-11-19(26-18(16)10-15)20(29)27(3)21(23)24/h6-11,26H,4-5,12H2,1-3H3,(H3,23,24). The average molecular weight is 429 g/mol. The normalized spacial score (nSPS) is 11.1. The van der Waals surface area contributed by atoms with E-state index in [4.69, 9.17) is 27.5 Å². The molecule has 8 nitrogen and oxygen atoms in total. The van der Waals surface area contributed by atoms with Crippen LogP contribution in [0, 0.1) is 5.41 Å². The van der Waals surface area contributed by atoms with Gasteiger partial charge in [0.05, 0.1) is 16.2 Å². The van der Waals surface area contributed by atoms with Gasteiger partial charge in [0, 0.05) is 43.4 Å². The minimum absolute atomic E-state index is 0.284. The summed E-state index contributed by atoms with van der Waals surface area (Å²) in [5, 5.41) is 8.54. The Morgan fingerprint density at radius 1 is 1.23 bits per heavy atom. The van der Waals surface area contributed by atoms with E-state index in [9.17, 15) is 4.79 Å². The molecule has 0 radical (unpaired) electrons. The zero-order valence-electron chi connectivity index (χ0n) is 17.2. The van der Waals surface area contributed by atoms with E-state index in [2.05, 4.69) is 28.7 Å². The maximum Gasteiger partial charge on any atom is 0.276 e. The predicted octanol–water partition coefficient (Wildman–Crippen LogP) is 3.82. The van der Waals surface area contributed by atoms with Gasteiger partial charge in [0.1, 0.15) is 17.2 Å². The Balaban J connectivity index is 1.85. The van der Waals surface area contributed by atoms with Crippen molar-refractivity contribution in [3.05, 3.63) is 52.9 Å². The third-order valence-corrected chi connectivity index (χ3v) is 5.17. The molecule has 0 fully saturated rings. The van der Waals surface area contributed by atoms with Crippen LogP contribution in [0.2, 0.25) is 5.02 Å². The van der Waals surface area contributed by atoms with Gasteiger partial charge in [-0.15, -0.1) is 0 Å². The molecule has 0 aliphatic heterocycles. The van der Waals surface area contributed by atoms with Crippen molar-refractivity contribution >= 4 is 34.4 Å². The highest BCUT2D eigenvalue weighted by Crippen LogP contribution is 2.32. The number of nitrogens with zero attached hydrogens (tertiary/aromatic N) is 3. The molecule has 2 heterocycles. The fraction of sp³-hybridized carbons (Fsp3) is 0.286. The second-order valence-corrected chi connectivity index (χ2v) is 7.25. The molecular weight excluding hydrogens is 404 g/mol. The number of amides is 1. The second kappa shape index (κ2) is 9.15. The summed E-state index contributed by atoms with van der Waals surface area (Å²) in [7, 11) is 1.44. The van der Waals surface area contributed by atoms with E-state index in [1.807, 2.05) is 6.07 Å². The number of benzene rings is 1. The summed E-state index contributed by atoms with van der Waals surface area (Å²) in [4.78, 5) is 23.2. The number of nitrogens with two attached hydrogens (primary N) is 1. The van der Waals surface area contributed by atoms with Crippen molar-refractivity contribution in [2.75, 3.05) is 20.1 Å². The van der Waals surface area contributed by atoms with Crippen molar-refractivity contribution in [3.8, 4) is 11.5 Å². The number of fused-ring (bicyclic) bond motifs is 1. The quantitative estimate of drug-likeness (QED) is 0.391. The monoisotopic (exact) mass is 428 g/mol. The number of guanidine groups is 1. The Kier molecular flexibility index (Phi) is 6.59. The average Bonchev–Trinajstić information content (AvgIpc) is 3.16. The van der Waals surface area contributed by atoms with Gasteiger partial charge < -0.3 is 15.5 Å². The summed E-state index contributed by atoms with van der Waals surface area (Å²) in [6, 6.07) is 8.80. The van der Waals surface area contributed by atoms with Crippen LogP contribution in [0.15, 0.2) is 36.5 Å². The highest BCUT2D eigenvalue weighted by molar-refractivity contribution is 6.35. The number of halogens is 1. The van der Waals surface area contributed by atoms with Gasteiger partial charge in [-0.1, -0.05) is 25.4 Å². The molecule has 0 saturated heterocycles. The summed E-state index contributed by atoms with van der Waals surface area (Å²) >= 11 is 6.42. The fourth-order valence-electron chi connectivity index (χ4n) is 3.05. The zero-order chi connectivity index (χ0) is 21.8. The number of aromatic amines is 1. The Morgan fingerprint density at radius 3 is 2.63 bits per heavy atom. The molecular formula is C21H25ClN6O2. The highest BCUT2D eigenvalue weighted by atomic mass is 35.5. The molecule has 4 N–H and O–H groups in total. The van der Waals surface area contributed by atoms with Gasteiger partial charge in [-0.25, -0.2) is 0 Å². The van der Waals surface area contributed by atoms with Gasteiger partial charge in [-0.2, -0.15) is 0 Å². The molecule has 0 aliphatic rings. The third kappa shape index (κ3) is 4.72. The van der Waals surface area contributed by atoms with Gasteiger partial charge in [0.2, 0.25) is 0 Å². The number of carbonyl (C=O) groups excluding carboxylic acids is 1. The Bertz CT molecular complexity index is 1080. The van der Waals surface area contributed by atoms with Gasteiger partial charge in [0.15, 0.2) is 5.96 Å². The summed E-state index contributed by atoms with van der Waals surface area (Å²) < 4.78 is 6.00. The maximum absolute atomic E-state index is 12.4. The molecule has 0 atom stereocenters. The number of pyridine rings is 1. The third-order valence-electron chi connectivity index (χ3n) is 4.86. The number of aromatic nitrogens is 2. The largest absolute Gasteiger partial charge is 0.457 e. The number of H-pyrrole nitrogens is 1. The molecule has 3 rings (SSSR count). The van der Waals surface area contributed by atoms with Crippen LogP contribution in [0.1, 0.15) is 30.0 Å². The van der Waals surface area contributed by atoms with Crippen molar-refractivity contribution in [1.82, 2.24) is 19.8 Å². The summed E-state index contributed by atoms with van der Waals surface area (Å²) in [6.07, 6.45) is 1.72. The van der Waals surface area contributed by atoms with E-state index in [1.165, 1.54) is 7.05 Å². The second-order valence-electron chi connectivity index (χ2n) is 6.85. The first-order valence-corrected chi connectivity index (χ1v) is 9.99. The lowest BCUT2D eigenvalue weighted by Gasteiger charge is -2.17. The van der Waals surface area contributed by atoms with Crippen molar-refractivity contribution in [1.29, 1.82) is 5.41 Å². The molecule has 9 heteroatoms. The van der Waals surface area contributed by atoms with E-state index in [0.29, 0.717) is 27.4 Å². The number of rotatable bonds is 7. The van der Waals surface area contributed by atoms with Crippen LogP contribution in [-0.2, 0) is 6.54 Å². The van der Waals surface area contributed by atoms with E-state index < -0.39 is 5.91 Å². The van der Waals surface area contributed by atoms with Crippen LogP contribution < -0.4 is 10.5 Å². The minimum Gasteiger partial charge on any atom is -0.457 e. The van der Waals surface area contributed by atoms with E-state index in [0.717, 1.165) is 30.2 Å². The van der Waals surface area contributed by atoms with Crippen molar-refractivity contribution < 1.29 is 9.53 Å². The molecule has 2 aromatic heterocycles. The summed E-state index contributed by atoms with van der Waals surface area (Å²) in [5.74, 6) is 0.425. The van der Waals surface area contributed by atoms with Crippen LogP contribution in [0.5, 0.6) is 11.5 Å². The molecule has 30 heavy (non-hydrogen) atoms. The van der Waals surface area contributed by atoms with Crippen LogP contribution >= 0.6 is 11.6 Å². The fourth-order valence-corrected chi connectivity index (χ4v) is 3.32. The number of nitrogens with one attached hydrogen (secondary N) is 2. The maximum atomic E-state index is 12.4. The Labute approximate surface area is 180 Å². The molecule has 0 aliphatic carbocycles. The van der Waals surface area contributed by atoms with Gasteiger partial charge in [0.25, 0.3) is 5.91 Å². The van der Waals surface area contributed by atoms with Crippen LogP contribution in [0.4, 0.5) is 0 Å². The predicted molar refractivity (Wildman–Crippen MR) is 118 cm³/mol. The van der Waals surface area contributed by atoms with Crippen molar-refractivity contribution in [2.45, 2.75) is 20.4 Å². The molecule has 0 spiro atoms. The summed E-state index contributed by atoms with van der Waals surface area (Å²) in [5.41, 5.74) is 7.24. The number of ether oxygens (including phenoxy) is 1. The van der Waals surface area contributed by atoms with E-state index >= 15 is 0 Å². The Morgan fingerprint density at radius 2 is 1.97 bits per heavy atom. The molecule has 0 bridgehead atoms. The topological polar surface area (TPSA) is 111 Å². The molecule has 158 valence electrons. The van der Waals surface area contributed by atoms with E-state index in [1.54, 1.807) is 30.5 Å². The first-order chi connectivity index (χ1) is 14.3. The number of hydrogen-bond acceptors (Lipinski definition) is 5. The summed E-state index contributed by atoms with van der Waals surface area (Å²) in [6.45, 7) is 6.87. The molecule has 3 aromatic rings. The van der Waals surface area contributed by atoms with E-state index in [-0.39, 0.29) is 11.7 Å². The number of carbonyl (C=O) groups is 1. The lowest BCUT2D eigenvalue weighted by molar-refractivity contribution is 0.0864. The molecule has 0 saturated carbocycles. The minimum atomic E-state index is -0.424. The molecule has 0 unspecified atom stereocenters. The van der Waals surface area contributed by atoms with Crippen LogP contribution in [-0.4, -0.2) is 51.8 Å². The smallest absolute Gasteiger partial charge is 0.276 e. The molecule has 1 amide bonds. The van der Waals surface area contributed by atoms with Crippen LogP contribution in [0.3, 0.4) is 0 Å². The zero-order valence-corrected chi connectivity index (χ0v) is 18.0. The van der Waals surface area contributed by atoms with Crippen LogP contribution in [0.25, 0.3) is 10.9 Å². The Hall–Kier alpha value is -3.10. The highest BCUT2D eigenvalue weighted by Gasteiger charge is 2.18. The van der Waals surface area contributed by atoms with Crippen molar-refractivity contribution in [3.63, 3.8) is 0 Å². The lowest BCUT2D eigenvalue weighted by atomic mass is 10.2. The first-order valence-electron chi connectivity index (χ1n) is 9.61. The lowest BCUT2D eigenvalue weighted by Crippen LogP contribution is -2.38. The van der Waals surface area contributed by atoms with Gasteiger partial charge >= 0.3 is 0 Å².